The molecule has 2 aromatic heterocycles. The highest BCUT2D eigenvalue weighted by Crippen LogP contribution is 2.30. The zero-order chi connectivity index (χ0) is 15.8. The number of likely N-dealkylation sites (tertiary alicyclic amines) is 1. The lowest BCUT2D eigenvalue weighted by molar-refractivity contribution is 0.0717. The molecule has 1 aliphatic heterocycles. The van der Waals surface area contributed by atoms with E-state index in [2.05, 4.69) is 10.2 Å². The van der Waals surface area contributed by atoms with Crippen molar-refractivity contribution in [3.63, 3.8) is 0 Å². The Morgan fingerprint density at radius 1 is 1.26 bits per heavy atom. The van der Waals surface area contributed by atoms with Crippen LogP contribution in [-0.2, 0) is 0 Å². The summed E-state index contributed by atoms with van der Waals surface area (Å²) in [7, 11) is 0. The highest BCUT2D eigenvalue weighted by molar-refractivity contribution is 7.20. The van der Waals surface area contributed by atoms with Gasteiger partial charge in [0.05, 0.1) is 4.88 Å². The number of nitrogens with one attached hydrogen (secondary N) is 1. The largest absolute Gasteiger partial charge is 0.338 e. The predicted molar refractivity (Wildman–Crippen MR) is 88.2 cm³/mol. The van der Waals surface area contributed by atoms with E-state index in [9.17, 15) is 9.18 Å². The van der Waals surface area contributed by atoms with Crippen LogP contribution in [0.15, 0.2) is 36.5 Å². The fraction of sp³-hybridized carbons (Fsp3) is 0.294. The highest BCUT2D eigenvalue weighted by atomic mass is 32.1. The lowest BCUT2D eigenvalue weighted by atomic mass is 9.93. The molecule has 0 bridgehead atoms. The second-order valence-electron chi connectivity index (χ2n) is 5.87. The van der Waals surface area contributed by atoms with Crippen molar-refractivity contribution < 1.29 is 9.18 Å². The molecule has 3 heterocycles. The average molecular weight is 329 g/mol. The molecule has 6 heteroatoms. The second-order valence-corrected chi connectivity index (χ2v) is 6.96. The van der Waals surface area contributed by atoms with Gasteiger partial charge in [0.1, 0.15) is 5.82 Å². The van der Waals surface area contributed by atoms with Gasteiger partial charge in [-0.3, -0.25) is 9.89 Å². The highest BCUT2D eigenvalue weighted by Gasteiger charge is 2.26. The van der Waals surface area contributed by atoms with Crippen LogP contribution >= 0.6 is 11.3 Å². The molecule has 1 saturated heterocycles. The maximum Gasteiger partial charge on any atom is 0.263 e. The van der Waals surface area contributed by atoms with E-state index < -0.39 is 0 Å². The normalized spacial score (nSPS) is 16.1. The molecule has 1 N–H and O–H groups in total. The lowest BCUT2D eigenvalue weighted by Gasteiger charge is -2.31. The number of hydrogen-bond acceptors (Lipinski definition) is 3. The van der Waals surface area contributed by atoms with Crippen LogP contribution in [0, 0.1) is 5.82 Å². The Bertz CT molecular complexity index is 835. The van der Waals surface area contributed by atoms with E-state index in [1.165, 1.54) is 23.5 Å². The number of piperidine rings is 1. The number of thiophene rings is 1. The number of carbonyl (C=O) groups is 1. The third-order valence-electron chi connectivity index (χ3n) is 4.43. The van der Waals surface area contributed by atoms with Gasteiger partial charge < -0.3 is 4.90 Å². The number of H-pyrrole nitrogens is 1. The number of nitrogens with zero attached hydrogens (tertiary/aromatic N) is 2. The number of amides is 1. The summed E-state index contributed by atoms with van der Waals surface area (Å²) in [5, 5.41) is 7.81. The first-order chi connectivity index (χ1) is 11.2. The van der Waals surface area contributed by atoms with Gasteiger partial charge in [0.2, 0.25) is 0 Å². The van der Waals surface area contributed by atoms with E-state index in [1.54, 1.807) is 18.3 Å². The van der Waals surface area contributed by atoms with Crippen molar-refractivity contribution in [3.8, 4) is 0 Å². The van der Waals surface area contributed by atoms with Crippen LogP contribution < -0.4 is 0 Å². The number of fused-ring (bicyclic) bond motifs is 1. The van der Waals surface area contributed by atoms with Gasteiger partial charge in [-0.05, 0) is 48.6 Å². The van der Waals surface area contributed by atoms with Crippen molar-refractivity contribution in [3.05, 3.63) is 52.9 Å². The zero-order valence-electron chi connectivity index (χ0n) is 12.5. The molecule has 0 unspecified atom stereocenters. The van der Waals surface area contributed by atoms with Gasteiger partial charge in [-0.2, -0.15) is 5.10 Å². The third kappa shape index (κ3) is 2.74. The van der Waals surface area contributed by atoms with Gasteiger partial charge in [-0.1, -0.05) is 0 Å². The molecule has 0 spiro atoms. The number of hydrogen-bond donors (Lipinski definition) is 1. The Morgan fingerprint density at radius 2 is 2.09 bits per heavy atom. The number of aromatic amines is 1. The molecular formula is C17H16FN3OS. The van der Waals surface area contributed by atoms with Crippen LogP contribution in [0.25, 0.3) is 10.1 Å². The minimum Gasteiger partial charge on any atom is -0.338 e. The summed E-state index contributed by atoms with van der Waals surface area (Å²) in [6, 6.07) is 8.45. The quantitative estimate of drug-likeness (QED) is 0.778. The van der Waals surface area contributed by atoms with Gasteiger partial charge in [-0.15, -0.1) is 11.3 Å². The van der Waals surface area contributed by atoms with E-state index >= 15 is 0 Å². The smallest absolute Gasteiger partial charge is 0.263 e. The molecule has 0 aliphatic carbocycles. The molecule has 3 aromatic rings. The molecule has 1 fully saturated rings. The minimum atomic E-state index is -0.269. The predicted octanol–water partition coefficient (Wildman–Crippen LogP) is 3.78. The fourth-order valence-corrected chi connectivity index (χ4v) is 4.17. The van der Waals surface area contributed by atoms with Crippen LogP contribution in [0.4, 0.5) is 4.39 Å². The Morgan fingerprint density at radius 3 is 2.83 bits per heavy atom. The summed E-state index contributed by atoms with van der Waals surface area (Å²) >= 11 is 1.43. The minimum absolute atomic E-state index is 0.0506. The Kier molecular flexibility index (Phi) is 3.61. The molecule has 118 valence electrons. The standard InChI is InChI=1S/C17H16FN3OS/c18-13-1-2-15-12(9-13)10-16(23-15)17(22)21-7-4-11(5-8-21)14-3-6-19-20-14/h1-3,6,9-11H,4-5,7-8H2,(H,19,20). The molecule has 1 aromatic carbocycles. The number of rotatable bonds is 2. The molecule has 0 atom stereocenters. The number of halogens is 1. The summed E-state index contributed by atoms with van der Waals surface area (Å²) in [6.45, 7) is 1.48. The van der Waals surface area contributed by atoms with Crippen LogP contribution in [-0.4, -0.2) is 34.1 Å². The van der Waals surface area contributed by atoms with Crippen molar-refractivity contribution in [2.45, 2.75) is 18.8 Å². The average Bonchev–Trinajstić information content (AvgIpc) is 3.23. The van der Waals surface area contributed by atoms with Crippen LogP contribution in [0.2, 0.25) is 0 Å². The van der Waals surface area contributed by atoms with Crippen molar-refractivity contribution >= 4 is 27.3 Å². The summed E-state index contributed by atoms with van der Waals surface area (Å²) in [4.78, 5) is 15.3. The SMILES string of the molecule is O=C(c1cc2cc(F)ccc2s1)N1CCC(c2ccn[nH]2)CC1. The summed E-state index contributed by atoms with van der Waals surface area (Å²) in [6.07, 6.45) is 3.64. The van der Waals surface area contributed by atoms with Gasteiger partial charge in [0.15, 0.2) is 0 Å². The van der Waals surface area contributed by atoms with Gasteiger partial charge >= 0.3 is 0 Å². The van der Waals surface area contributed by atoms with E-state index in [1.807, 2.05) is 11.0 Å². The second kappa shape index (κ2) is 5.77. The Hall–Kier alpha value is -2.21. The fourth-order valence-electron chi connectivity index (χ4n) is 3.16. The molecule has 1 amide bonds. The van der Waals surface area contributed by atoms with Gasteiger partial charge in [0, 0.05) is 35.6 Å². The van der Waals surface area contributed by atoms with E-state index in [-0.39, 0.29) is 11.7 Å². The van der Waals surface area contributed by atoms with E-state index in [4.69, 9.17) is 0 Å². The van der Waals surface area contributed by atoms with Gasteiger partial charge in [-0.25, -0.2) is 4.39 Å². The van der Waals surface area contributed by atoms with Crippen LogP contribution in [0.1, 0.15) is 34.1 Å². The van der Waals surface area contributed by atoms with Crippen LogP contribution in [0.3, 0.4) is 0 Å². The molecular weight excluding hydrogens is 313 g/mol. The summed E-state index contributed by atoms with van der Waals surface area (Å²) in [5.41, 5.74) is 1.15. The Balaban J connectivity index is 1.48. The number of benzene rings is 1. The molecule has 23 heavy (non-hydrogen) atoms. The maximum absolute atomic E-state index is 13.3. The lowest BCUT2D eigenvalue weighted by Crippen LogP contribution is -2.37. The monoisotopic (exact) mass is 329 g/mol. The van der Waals surface area contributed by atoms with Crippen molar-refractivity contribution in [2.75, 3.05) is 13.1 Å². The van der Waals surface area contributed by atoms with Crippen molar-refractivity contribution in [1.29, 1.82) is 0 Å². The first kappa shape index (κ1) is 14.4. The topological polar surface area (TPSA) is 49.0 Å². The van der Waals surface area contributed by atoms with E-state index in [0.717, 1.165) is 41.7 Å². The molecule has 4 rings (SSSR count). The van der Waals surface area contributed by atoms with Crippen molar-refractivity contribution in [1.82, 2.24) is 15.1 Å². The first-order valence-electron chi connectivity index (χ1n) is 7.68. The zero-order valence-corrected chi connectivity index (χ0v) is 13.3. The summed E-state index contributed by atoms with van der Waals surface area (Å²) < 4.78 is 14.2. The molecule has 1 aliphatic rings. The molecule has 4 nitrogen and oxygen atoms in total. The van der Waals surface area contributed by atoms with Crippen molar-refractivity contribution in [2.24, 2.45) is 0 Å². The van der Waals surface area contributed by atoms with Crippen LogP contribution in [0.5, 0.6) is 0 Å². The summed E-state index contributed by atoms with van der Waals surface area (Å²) in [5.74, 6) is 0.224. The first-order valence-corrected chi connectivity index (χ1v) is 8.50. The molecule has 0 saturated carbocycles. The van der Waals surface area contributed by atoms with E-state index in [0.29, 0.717) is 10.8 Å². The number of carbonyl (C=O) groups excluding carboxylic acids is 1. The number of aromatic nitrogens is 2. The third-order valence-corrected chi connectivity index (χ3v) is 5.54. The molecule has 0 radical (unpaired) electrons. The van der Waals surface area contributed by atoms with Gasteiger partial charge in [0.25, 0.3) is 5.91 Å². The Labute approximate surface area is 136 Å². The maximum atomic E-state index is 13.3.